The number of aliphatic hydroxyl groups excluding tert-OH is 4. The molecule has 5 unspecified atom stereocenters. The van der Waals surface area contributed by atoms with E-state index >= 15 is 0 Å². The van der Waals surface area contributed by atoms with E-state index < -0.39 is 72.0 Å². The number of esters is 2. The summed E-state index contributed by atoms with van der Waals surface area (Å²) in [6, 6.07) is 0. The molecule has 6 fully saturated rings. The number of hydrogen-bond donors (Lipinski definition) is 4. The predicted octanol–water partition coefficient (Wildman–Crippen LogP) is 0.212. The number of aliphatic hydroxyl groups is 4. The molecule has 4 N–H and O–H groups in total. The third-order valence-electron chi connectivity index (χ3n) is 9.00. The summed E-state index contributed by atoms with van der Waals surface area (Å²) in [6.07, 6.45) is -0.343. The van der Waals surface area contributed by atoms with Gasteiger partial charge in [0.2, 0.25) is 0 Å². The van der Waals surface area contributed by atoms with E-state index in [0.717, 1.165) is 0 Å². The summed E-state index contributed by atoms with van der Waals surface area (Å²) >= 11 is 0. The third kappa shape index (κ3) is 4.06. The molecule has 34 heavy (non-hydrogen) atoms. The van der Waals surface area contributed by atoms with E-state index in [-0.39, 0.29) is 11.8 Å². The molecule has 0 spiro atoms. The second-order valence-corrected chi connectivity index (χ2v) is 11.4. The Morgan fingerprint density at radius 2 is 1.29 bits per heavy atom. The lowest BCUT2D eigenvalue weighted by atomic mass is 9.60. The van der Waals surface area contributed by atoms with Crippen LogP contribution in [0.4, 0.5) is 0 Å². The van der Waals surface area contributed by atoms with Gasteiger partial charge in [-0.05, 0) is 78.1 Å². The highest BCUT2D eigenvalue weighted by Gasteiger charge is 2.66. The van der Waals surface area contributed by atoms with Crippen LogP contribution in [-0.4, -0.2) is 92.4 Å². The molecular formula is C24H38O10. The summed E-state index contributed by atoms with van der Waals surface area (Å²) in [5, 5.41) is 39.6. The Bertz CT molecular complexity index is 772. The molecule has 0 aromatic rings. The van der Waals surface area contributed by atoms with Gasteiger partial charge in [0.15, 0.2) is 0 Å². The van der Waals surface area contributed by atoms with E-state index in [2.05, 4.69) is 0 Å². The Balaban J connectivity index is 1.65. The van der Waals surface area contributed by atoms with Crippen LogP contribution in [0.15, 0.2) is 0 Å². The first-order valence-electron chi connectivity index (χ1n) is 12.2. The first-order chi connectivity index (χ1) is 15.8. The number of carbonyl (C=O) groups is 2. The topological polar surface area (TPSA) is 152 Å². The van der Waals surface area contributed by atoms with Gasteiger partial charge in [0.1, 0.15) is 36.6 Å². The maximum Gasteiger partial charge on any atom is 0.332 e. The molecule has 4 saturated heterocycles. The second-order valence-electron chi connectivity index (χ2n) is 11.4. The van der Waals surface area contributed by atoms with E-state index in [1.54, 1.807) is 6.92 Å². The van der Waals surface area contributed by atoms with Crippen molar-refractivity contribution in [2.45, 2.75) is 113 Å². The minimum absolute atomic E-state index is 0.0657. The van der Waals surface area contributed by atoms with Crippen LogP contribution in [0.3, 0.4) is 0 Å². The fraction of sp³-hybridized carbons (Fsp3) is 0.917. The van der Waals surface area contributed by atoms with Gasteiger partial charge in [-0.25, -0.2) is 9.59 Å². The van der Waals surface area contributed by atoms with Gasteiger partial charge < -0.3 is 39.4 Å². The summed E-state index contributed by atoms with van der Waals surface area (Å²) in [5.74, 6) is -1.74. The van der Waals surface area contributed by atoms with Gasteiger partial charge in [0.05, 0.1) is 23.4 Å². The van der Waals surface area contributed by atoms with Crippen LogP contribution >= 0.6 is 0 Å². The van der Waals surface area contributed by atoms with Crippen LogP contribution in [-0.2, 0) is 28.5 Å². The lowest BCUT2D eigenvalue weighted by Gasteiger charge is -2.63. The smallest absolute Gasteiger partial charge is 0.332 e. The molecule has 4 aliphatic heterocycles. The van der Waals surface area contributed by atoms with Crippen LogP contribution < -0.4 is 0 Å². The average molecular weight is 487 g/mol. The molecule has 10 nitrogen and oxygen atoms in total. The summed E-state index contributed by atoms with van der Waals surface area (Å²) < 4.78 is 24.2. The van der Waals surface area contributed by atoms with Crippen molar-refractivity contribution in [2.24, 2.45) is 11.8 Å². The zero-order valence-corrected chi connectivity index (χ0v) is 20.4. The van der Waals surface area contributed by atoms with Gasteiger partial charge in [0.25, 0.3) is 0 Å². The lowest BCUT2D eigenvalue weighted by Crippen LogP contribution is -2.72. The molecule has 0 aromatic carbocycles. The van der Waals surface area contributed by atoms with Gasteiger partial charge in [-0.2, -0.15) is 0 Å². The molecule has 0 amide bonds. The second kappa shape index (κ2) is 8.67. The quantitative estimate of drug-likeness (QED) is 0.368. The van der Waals surface area contributed by atoms with Crippen molar-refractivity contribution in [1.29, 1.82) is 0 Å². The Morgan fingerprint density at radius 1 is 0.794 bits per heavy atom. The standard InChI is InChI=1S/C24H38O10/c1-21(2)13-9-17(31-19(29)11-25)24(33-21,18(10-13)32-20(30)12-26)6-5-22(3)14-7-15(27)23(4,34-22)16(28)8-14/h13-18,25-28H,5-12H2,1-4H3. The first-order valence-corrected chi connectivity index (χ1v) is 12.2. The zero-order valence-electron chi connectivity index (χ0n) is 20.4. The summed E-state index contributed by atoms with van der Waals surface area (Å²) in [6.45, 7) is 6.02. The zero-order chi connectivity index (χ0) is 25.1. The Labute approximate surface area is 199 Å². The SMILES string of the molecule is CC1(C)OC2(CCC3(C)OC4(C)C(O)CC3CC4O)C(OC(=O)CO)CC1CC2OC(=O)CO. The molecule has 4 bridgehead atoms. The fourth-order valence-electron chi connectivity index (χ4n) is 6.80. The van der Waals surface area contributed by atoms with E-state index in [4.69, 9.17) is 18.9 Å². The molecule has 2 saturated carbocycles. The van der Waals surface area contributed by atoms with Crippen LogP contribution in [0.25, 0.3) is 0 Å². The molecule has 0 aromatic heterocycles. The van der Waals surface area contributed by atoms with Crippen molar-refractivity contribution < 1.29 is 49.0 Å². The highest BCUT2D eigenvalue weighted by atomic mass is 16.6. The Hall–Kier alpha value is -1.30. The maximum absolute atomic E-state index is 12.1. The Kier molecular flexibility index (Phi) is 6.58. The molecule has 2 aliphatic carbocycles. The average Bonchev–Trinajstić information content (AvgIpc) is 2.76. The lowest BCUT2D eigenvalue weighted by molar-refractivity contribution is -0.340. The number of hydrogen-bond acceptors (Lipinski definition) is 10. The highest BCUT2D eigenvalue weighted by molar-refractivity contribution is 5.71. The molecule has 6 aliphatic rings. The number of fused-ring (bicyclic) bond motifs is 6. The number of rotatable bonds is 7. The Morgan fingerprint density at radius 3 is 1.76 bits per heavy atom. The molecule has 0 radical (unpaired) electrons. The maximum atomic E-state index is 12.1. The van der Waals surface area contributed by atoms with E-state index in [1.165, 1.54) is 0 Å². The minimum Gasteiger partial charge on any atom is -0.457 e. The van der Waals surface area contributed by atoms with Crippen molar-refractivity contribution in [3.63, 3.8) is 0 Å². The van der Waals surface area contributed by atoms with Gasteiger partial charge >= 0.3 is 11.9 Å². The summed E-state index contributed by atoms with van der Waals surface area (Å²) in [5.41, 5.74) is -3.55. The monoisotopic (exact) mass is 486 g/mol. The van der Waals surface area contributed by atoms with Crippen molar-refractivity contribution >= 4 is 11.9 Å². The number of ether oxygens (including phenoxy) is 4. The van der Waals surface area contributed by atoms with Crippen LogP contribution in [0.1, 0.15) is 66.2 Å². The predicted molar refractivity (Wildman–Crippen MR) is 116 cm³/mol. The summed E-state index contributed by atoms with van der Waals surface area (Å²) in [4.78, 5) is 24.2. The van der Waals surface area contributed by atoms with E-state index in [0.29, 0.717) is 38.5 Å². The van der Waals surface area contributed by atoms with Crippen molar-refractivity contribution in [2.75, 3.05) is 13.2 Å². The fourth-order valence-corrected chi connectivity index (χ4v) is 6.80. The molecule has 4 heterocycles. The van der Waals surface area contributed by atoms with Crippen molar-refractivity contribution in [3.8, 4) is 0 Å². The molecule has 194 valence electrons. The van der Waals surface area contributed by atoms with Gasteiger partial charge in [-0.3, -0.25) is 0 Å². The van der Waals surface area contributed by atoms with Gasteiger partial charge in [-0.1, -0.05) is 0 Å². The first kappa shape index (κ1) is 25.8. The van der Waals surface area contributed by atoms with Crippen LogP contribution in [0.2, 0.25) is 0 Å². The van der Waals surface area contributed by atoms with Gasteiger partial charge in [0, 0.05) is 0 Å². The molecule has 5 atom stereocenters. The molecular weight excluding hydrogens is 448 g/mol. The van der Waals surface area contributed by atoms with Crippen LogP contribution in [0.5, 0.6) is 0 Å². The largest absolute Gasteiger partial charge is 0.457 e. The summed E-state index contributed by atoms with van der Waals surface area (Å²) in [7, 11) is 0. The number of carbonyl (C=O) groups excluding carboxylic acids is 2. The normalized spacial score (nSPS) is 46.8. The van der Waals surface area contributed by atoms with Crippen LogP contribution in [0, 0.1) is 11.8 Å². The third-order valence-corrected chi connectivity index (χ3v) is 9.00. The van der Waals surface area contributed by atoms with E-state index in [1.807, 2.05) is 20.8 Å². The van der Waals surface area contributed by atoms with Crippen molar-refractivity contribution in [3.05, 3.63) is 0 Å². The minimum atomic E-state index is -1.20. The molecule has 6 rings (SSSR count). The van der Waals surface area contributed by atoms with Crippen molar-refractivity contribution in [1.82, 2.24) is 0 Å². The van der Waals surface area contributed by atoms with E-state index in [9.17, 15) is 30.0 Å². The van der Waals surface area contributed by atoms with Gasteiger partial charge in [-0.15, -0.1) is 0 Å². The highest BCUT2D eigenvalue weighted by Crippen LogP contribution is 2.57. The molecule has 10 heteroatoms.